The molecule has 0 unspecified atom stereocenters. The van der Waals surface area contributed by atoms with Gasteiger partial charge in [0, 0.05) is 38.8 Å². The molecule has 1 amide bonds. The van der Waals surface area contributed by atoms with Crippen molar-refractivity contribution in [3.05, 3.63) is 29.8 Å². The van der Waals surface area contributed by atoms with Crippen LogP contribution in [0, 0.1) is 0 Å². The fraction of sp³-hybridized carbons (Fsp3) is 0.571. The van der Waals surface area contributed by atoms with Crippen molar-refractivity contribution in [3.8, 4) is 11.5 Å². The average Bonchev–Trinajstić information content (AvgIpc) is 2.65. The number of hydrogen-bond acceptors (Lipinski definition) is 5. The molecule has 1 aliphatic heterocycles. The molecule has 0 aromatic heterocycles. The smallest absolute Gasteiger partial charge is 0.243 e. The van der Waals surface area contributed by atoms with Gasteiger partial charge in [-0.2, -0.15) is 0 Å². The van der Waals surface area contributed by atoms with E-state index >= 15 is 0 Å². The number of rotatable bonds is 9. The molecular formula is C21H33N3O3. The van der Waals surface area contributed by atoms with Gasteiger partial charge in [0.05, 0.1) is 13.2 Å². The Morgan fingerprint density at radius 2 is 1.96 bits per heavy atom. The first kappa shape index (κ1) is 21.3. The minimum Gasteiger partial charge on any atom is -0.493 e. The summed E-state index contributed by atoms with van der Waals surface area (Å²) in [4.78, 5) is 16.8. The van der Waals surface area contributed by atoms with Crippen molar-refractivity contribution in [2.24, 2.45) is 0 Å². The van der Waals surface area contributed by atoms with E-state index in [4.69, 9.17) is 9.47 Å². The summed E-state index contributed by atoms with van der Waals surface area (Å²) >= 11 is 0. The highest BCUT2D eigenvalue weighted by molar-refractivity contribution is 5.91. The van der Waals surface area contributed by atoms with Gasteiger partial charge in [0.25, 0.3) is 0 Å². The van der Waals surface area contributed by atoms with Crippen LogP contribution in [0.3, 0.4) is 0 Å². The number of ether oxygens (including phenoxy) is 2. The lowest BCUT2D eigenvalue weighted by Crippen LogP contribution is -2.45. The summed E-state index contributed by atoms with van der Waals surface area (Å²) < 4.78 is 11.1. The minimum atomic E-state index is -0.0742. The van der Waals surface area contributed by atoms with Crippen molar-refractivity contribution in [1.82, 2.24) is 15.1 Å². The quantitative estimate of drug-likeness (QED) is 0.530. The Kier molecular flexibility index (Phi) is 8.61. The van der Waals surface area contributed by atoms with Crippen molar-refractivity contribution in [2.75, 3.05) is 53.4 Å². The molecule has 1 N–H and O–H groups in total. The number of amides is 1. The van der Waals surface area contributed by atoms with E-state index in [2.05, 4.69) is 22.2 Å². The van der Waals surface area contributed by atoms with Crippen molar-refractivity contribution in [2.45, 2.75) is 26.4 Å². The highest BCUT2D eigenvalue weighted by atomic mass is 16.5. The van der Waals surface area contributed by atoms with Gasteiger partial charge in [-0.25, -0.2) is 0 Å². The van der Waals surface area contributed by atoms with Crippen molar-refractivity contribution >= 4 is 12.0 Å². The molecule has 1 aromatic carbocycles. The Balaban J connectivity index is 1.74. The van der Waals surface area contributed by atoms with E-state index in [1.807, 2.05) is 32.0 Å². The fourth-order valence-corrected chi connectivity index (χ4v) is 2.96. The van der Waals surface area contributed by atoms with Crippen LogP contribution in [0.15, 0.2) is 24.3 Å². The van der Waals surface area contributed by atoms with Crippen molar-refractivity contribution in [1.29, 1.82) is 0 Å². The van der Waals surface area contributed by atoms with Gasteiger partial charge in [0.1, 0.15) is 0 Å². The first-order valence-electron chi connectivity index (χ1n) is 9.69. The molecule has 0 saturated carbocycles. The van der Waals surface area contributed by atoms with Crippen LogP contribution >= 0.6 is 0 Å². The van der Waals surface area contributed by atoms with Crippen LogP contribution in [0.5, 0.6) is 11.5 Å². The molecule has 0 radical (unpaired) electrons. The second-order valence-corrected chi connectivity index (χ2v) is 7.20. The molecule has 1 aliphatic rings. The zero-order valence-electron chi connectivity index (χ0n) is 17.0. The molecule has 6 nitrogen and oxygen atoms in total. The molecule has 1 aromatic rings. The molecule has 0 atom stereocenters. The number of benzene rings is 1. The number of likely N-dealkylation sites (N-methyl/N-ethyl adjacent to an activating group) is 1. The summed E-state index contributed by atoms with van der Waals surface area (Å²) in [5, 5.41) is 2.95. The number of hydrogen-bond donors (Lipinski definition) is 1. The third-order valence-corrected chi connectivity index (χ3v) is 4.52. The van der Waals surface area contributed by atoms with Gasteiger partial charge in [-0.1, -0.05) is 6.07 Å². The SMILES string of the molecule is COc1cc(C=CC(=O)NCCCN2CCN(C)CC2)ccc1OC(C)C. The summed E-state index contributed by atoms with van der Waals surface area (Å²) in [5.74, 6) is 1.30. The molecule has 1 heterocycles. The second kappa shape index (κ2) is 10.9. The average molecular weight is 376 g/mol. The maximum absolute atomic E-state index is 12.0. The summed E-state index contributed by atoms with van der Waals surface area (Å²) in [6.45, 7) is 10.2. The van der Waals surface area contributed by atoms with Gasteiger partial charge in [0.15, 0.2) is 11.5 Å². The molecule has 0 aliphatic carbocycles. The van der Waals surface area contributed by atoms with E-state index in [0.717, 1.165) is 44.7 Å². The lowest BCUT2D eigenvalue weighted by atomic mass is 10.2. The molecule has 2 rings (SSSR count). The van der Waals surface area contributed by atoms with Crippen molar-refractivity contribution < 1.29 is 14.3 Å². The van der Waals surface area contributed by atoms with E-state index in [-0.39, 0.29) is 12.0 Å². The van der Waals surface area contributed by atoms with E-state index in [9.17, 15) is 4.79 Å². The highest BCUT2D eigenvalue weighted by Gasteiger charge is 2.12. The molecular weight excluding hydrogens is 342 g/mol. The summed E-state index contributed by atoms with van der Waals surface area (Å²) in [5.41, 5.74) is 0.899. The van der Waals surface area contributed by atoms with Gasteiger partial charge in [-0.05, 0) is 57.6 Å². The summed E-state index contributed by atoms with van der Waals surface area (Å²) in [6.07, 6.45) is 4.40. The number of carbonyl (C=O) groups excluding carboxylic acids is 1. The molecule has 0 spiro atoms. The first-order valence-corrected chi connectivity index (χ1v) is 9.69. The Morgan fingerprint density at radius 3 is 2.63 bits per heavy atom. The predicted octanol–water partition coefficient (Wildman–Crippen LogP) is 2.25. The van der Waals surface area contributed by atoms with Gasteiger partial charge >= 0.3 is 0 Å². The van der Waals surface area contributed by atoms with Crippen LogP contribution < -0.4 is 14.8 Å². The molecule has 150 valence electrons. The minimum absolute atomic E-state index is 0.0742. The van der Waals surface area contributed by atoms with Crippen molar-refractivity contribution in [3.63, 3.8) is 0 Å². The Hall–Kier alpha value is -2.05. The van der Waals surface area contributed by atoms with Gasteiger partial charge in [-0.15, -0.1) is 0 Å². The fourth-order valence-electron chi connectivity index (χ4n) is 2.96. The van der Waals surface area contributed by atoms with Gasteiger partial charge in [0.2, 0.25) is 5.91 Å². The van der Waals surface area contributed by atoms with Crippen LogP contribution in [0.4, 0.5) is 0 Å². The molecule has 1 saturated heterocycles. The number of nitrogens with one attached hydrogen (secondary N) is 1. The van der Waals surface area contributed by atoms with Crippen LogP contribution in [0.2, 0.25) is 0 Å². The topological polar surface area (TPSA) is 54.0 Å². The largest absolute Gasteiger partial charge is 0.493 e. The standard InChI is InChI=1S/C21H33N3O3/c1-17(2)27-19-8-6-18(16-20(19)26-4)7-9-21(25)22-10-5-11-24-14-12-23(3)13-15-24/h6-9,16-17H,5,10-15H2,1-4H3,(H,22,25). The maximum atomic E-state index is 12.0. The molecule has 27 heavy (non-hydrogen) atoms. The lowest BCUT2D eigenvalue weighted by molar-refractivity contribution is -0.116. The van der Waals surface area contributed by atoms with E-state index in [0.29, 0.717) is 18.0 Å². The monoisotopic (exact) mass is 375 g/mol. The van der Waals surface area contributed by atoms with Gasteiger partial charge in [-0.3, -0.25) is 4.79 Å². The number of nitrogens with zero attached hydrogens (tertiary/aromatic N) is 2. The van der Waals surface area contributed by atoms with E-state index in [1.54, 1.807) is 19.3 Å². The number of methoxy groups -OCH3 is 1. The lowest BCUT2D eigenvalue weighted by Gasteiger charge is -2.32. The third kappa shape index (κ3) is 7.61. The van der Waals surface area contributed by atoms with E-state index < -0.39 is 0 Å². The zero-order chi connectivity index (χ0) is 19.6. The van der Waals surface area contributed by atoms with Gasteiger partial charge < -0.3 is 24.6 Å². The third-order valence-electron chi connectivity index (χ3n) is 4.52. The first-order chi connectivity index (χ1) is 13.0. The molecule has 0 bridgehead atoms. The Bertz CT molecular complexity index is 623. The van der Waals surface area contributed by atoms with Crippen LogP contribution in [0.1, 0.15) is 25.8 Å². The van der Waals surface area contributed by atoms with Crippen LogP contribution in [0.25, 0.3) is 6.08 Å². The predicted molar refractivity (Wildman–Crippen MR) is 109 cm³/mol. The Morgan fingerprint density at radius 1 is 1.22 bits per heavy atom. The van der Waals surface area contributed by atoms with Crippen LogP contribution in [-0.2, 0) is 4.79 Å². The number of piperazine rings is 1. The zero-order valence-corrected chi connectivity index (χ0v) is 17.0. The second-order valence-electron chi connectivity index (χ2n) is 7.20. The molecule has 6 heteroatoms. The normalized spacial score (nSPS) is 16.0. The summed E-state index contributed by atoms with van der Waals surface area (Å²) in [7, 11) is 3.77. The maximum Gasteiger partial charge on any atom is 0.243 e. The highest BCUT2D eigenvalue weighted by Crippen LogP contribution is 2.29. The van der Waals surface area contributed by atoms with E-state index in [1.165, 1.54) is 0 Å². The summed E-state index contributed by atoms with van der Waals surface area (Å²) in [6, 6.07) is 5.65. The Labute approximate surface area is 163 Å². The molecule has 1 fully saturated rings. The van der Waals surface area contributed by atoms with Crippen LogP contribution in [-0.4, -0.2) is 75.2 Å². The number of carbonyl (C=O) groups is 1.